The summed E-state index contributed by atoms with van der Waals surface area (Å²) >= 11 is 0. The standard InChI is InChI=1S/C14H21O2.C5H5.2C3H7.Fe.Rh/c15-13(11-6-2-1-3-7-11)10-14(16)12-8-4-5-9-12;1-2-4-5-3-1;2*1-3-2;;/h4-5,8-9,11,13-16H,1-3,6-7,10H2;1-5H;2*3H,1-2H3;;/q;;2*-1;;+2. The largest absolute Gasteiger partial charge is 2.00 e. The molecule has 0 aromatic carbocycles. The quantitative estimate of drug-likeness (QED) is 0.338. The van der Waals surface area contributed by atoms with Crippen LogP contribution < -0.4 is 0 Å². The first-order valence-electron chi connectivity index (χ1n) is 10.3. The fourth-order valence-corrected chi connectivity index (χ4v) is 3.01. The Balaban J connectivity index is -0.000000434. The van der Waals surface area contributed by atoms with Crippen molar-refractivity contribution in [3.05, 3.63) is 73.8 Å². The molecule has 3 aliphatic rings. The first-order chi connectivity index (χ1) is 13.1. The van der Waals surface area contributed by atoms with Crippen LogP contribution >= 0.6 is 0 Å². The Morgan fingerprint density at radius 3 is 1.76 bits per heavy atom. The van der Waals surface area contributed by atoms with Crippen molar-refractivity contribution in [3.63, 3.8) is 0 Å². The van der Waals surface area contributed by atoms with E-state index in [1.54, 1.807) is 0 Å². The first kappa shape index (κ1) is 33.7. The molecule has 3 radical (unpaired) electrons. The second-order valence-electron chi connectivity index (χ2n) is 7.05. The Kier molecular flexibility index (Phi) is 28.2. The van der Waals surface area contributed by atoms with Gasteiger partial charge in [0.15, 0.2) is 0 Å². The van der Waals surface area contributed by atoms with Gasteiger partial charge in [-0.2, -0.15) is 27.7 Å². The summed E-state index contributed by atoms with van der Waals surface area (Å²) < 4.78 is 0. The maximum absolute atomic E-state index is 10.1. The number of rotatable bonds is 4. The molecule has 0 bridgehead atoms. The summed E-state index contributed by atoms with van der Waals surface area (Å²) in [4.78, 5) is 0. The molecule has 2 N–H and O–H groups in total. The normalized spacial score (nSPS) is 18.3. The fourth-order valence-electron chi connectivity index (χ4n) is 3.01. The van der Waals surface area contributed by atoms with Crippen molar-refractivity contribution < 1.29 is 46.8 Å². The van der Waals surface area contributed by atoms with Crippen molar-refractivity contribution >= 4 is 0 Å². The van der Waals surface area contributed by atoms with Gasteiger partial charge in [0.1, 0.15) is 0 Å². The van der Waals surface area contributed by atoms with Gasteiger partial charge in [0.05, 0.1) is 12.2 Å². The van der Waals surface area contributed by atoms with Crippen LogP contribution in [0.5, 0.6) is 0 Å². The van der Waals surface area contributed by atoms with Crippen molar-refractivity contribution in [2.45, 2.75) is 78.4 Å². The summed E-state index contributed by atoms with van der Waals surface area (Å²) in [6.45, 7) is 8.00. The van der Waals surface area contributed by atoms with Crippen molar-refractivity contribution in [3.8, 4) is 0 Å². The number of hydrogen-bond acceptors (Lipinski definition) is 2. The molecule has 0 aromatic rings. The molecule has 1 fully saturated rings. The molecule has 0 amide bonds. The summed E-state index contributed by atoms with van der Waals surface area (Å²) in [5, 5.41) is 20.0. The third-order valence-corrected chi connectivity index (χ3v) is 4.29. The smallest absolute Gasteiger partial charge is 0.393 e. The maximum Gasteiger partial charge on any atom is 2.00 e. The first-order valence-corrected chi connectivity index (χ1v) is 10.3. The van der Waals surface area contributed by atoms with E-state index in [1.807, 2.05) is 95.9 Å². The van der Waals surface area contributed by atoms with E-state index in [1.165, 1.54) is 19.3 Å². The molecule has 0 aromatic heterocycles. The van der Waals surface area contributed by atoms with Gasteiger partial charge in [-0.15, -0.1) is 0 Å². The van der Waals surface area contributed by atoms with E-state index >= 15 is 0 Å². The van der Waals surface area contributed by atoms with Crippen LogP contribution in [-0.2, 0) is 36.5 Å². The molecule has 3 aliphatic carbocycles. The summed E-state index contributed by atoms with van der Waals surface area (Å²) in [7, 11) is 0. The van der Waals surface area contributed by atoms with Gasteiger partial charge in [-0.25, -0.2) is 0 Å². The van der Waals surface area contributed by atoms with Crippen molar-refractivity contribution in [1.82, 2.24) is 0 Å². The van der Waals surface area contributed by atoms with Gasteiger partial charge in [0.2, 0.25) is 0 Å². The van der Waals surface area contributed by atoms with Crippen LogP contribution in [0.25, 0.3) is 0 Å². The number of aliphatic hydroxyl groups is 2. The molecule has 0 saturated heterocycles. The minimum absolute atomic E-state index is 0. The van der Waals surface area contributed by atoms with Crippen LogP contribution in [0, 0.1) is 31.6 Å². The van der Waals surface area contributed by atoms with Gasteiger partial charge < -0.3 is 23.1 Å². The molecule has 29 heavy (non-hydrogen) atoms. The Labute approximate surface area is 204 Å². The number of allylic oxidation sites excluding steroid dienone is 6. The Bertz CT molecular complexity index is 440. The molecule has 3 rings (SSSR count). The molecule has 0 heterocycles. The van der Waals surface area contributed by atoms with Crippen molar-refractivity contribution in [1.29, 1.82) is 0 Å². The van der Waals surface area contributed by atoms with Gasteiger partial charge in [-0.05, 0) is 24.3 Å². The van der Waals surface area contributed by atoms with E-state index in [4.69, 9.17) is 0 Å². The predicted molar refractivity (Wildman–Crippen MR) is 119 cm³/mol. The third kappa shape index (κ3) is 18.5. The van der Waals surface area contributed by atoms with E-state index in [-0.39, 0.29) is 42.7 Å². The third-order valence-electron chi connectivity index (χ3n) is 4.29. The van der Waals surface area contributed by atoms with Gasteiger partial charge in [0.25, 0.3) is 0 Å². The minimum atomic E-state index is -0.507. The molecule has 2 unspecified atom stereocenters. The van der Waals surface area contributed by atoms with Crippen LogP contribution in [0.1, 0.15) is 66.2 Å². The molecule has 4 heteroatoms. The number of hydrogen-bond donors (Lipinski definition) is 2. The zero-order valence-corrected chi connectivity index (χ0v) is 21.1. The summed E-state index contributed by atoms with van der Waals surface area (Å²) in [6, 6.07) is 0. The Morgan fingerprint density at radius 1 is 0.862 bits per heavy atom. The Hall–Kier alpha value is 0.0229. The molecular formula is C25H40FeO2Rh. The summed E-state index contributed by atoms with van der Waals surface area (Å²) in [5.74, 6) is 0.401. The molecule has 2 atom stereocenters. The number of aliphatic hydroxyl groups excluding tert-OH is 2. The van der Waals surface area contributed by atoms with Gasteiger partial charge in [-0.3, -0.25) is 0 Å². The van der Waals surface area contributed by atoms with Crippen LogP contribution in [0.4, 0.5) is 0 Å². The summed E-state index contributed by atoms with van der Waals surface area (Å²) in [6.07, 6.45) is 27.3. The average Bonchev–Trinajstić information content (AvgIpc) is 3.40. The molecule has 0 aliphatic heterocycles. The zero-order valence-electron chi connectivity index (χ0n) is 18.4. The van der Waals surface area contributed by atoms with Crippen LogP contribution in [0.2, 0.25) is 0 Å². The van der Waals surface area contributed by atoms with E-state index in [0.717, 1.165) is 18.4 Å². The molecule has 0 spiro atoms. The fraction of sp³-hybridized carbons (Fsp3) is 0.520. The van der Waals surface area contributed by atoms with E-state index in [9.17, 15) is 10.2 Å². The average molecular weight is 531 g/mol. The molecular weight excluding hydrogens is 491 g/mol. The molecule has 1 saturated carbocycles. The van der Waals surface area contributed by atoms with Crippen LogP contribution in [0.3, 0.4) is 0 Å². The topological polar surface area (TPSA) is 40.5 Å². The van der Waals surface area contributed by atoms with Crippen LogP contribution in [-0.4, -0.2) is 22.4 Å². The van der Waals surface area contributed by atoms with E-state index < -0.39 is 6.10 Å². The van der Waals surface area contributed by atoms with Gasteiger partial charge in [-0.1, -0.05) is 61.8 Å². The summed E-state index contributed by atoms with van der Waals surface area (Å²) in [5.41, 5.74) is 0.926. The molecule has 169 valence electrons. The monoisotopic (exact) mass is 531 g/mol. The predicted octanol–water partition coefficient (Wildman–Crippen LogP) is 6.15. The second kappa shape index (κ2) is 24.3. The minimum Gasteiger partial charge on any atom is -0.393 e. The van der Waals surface area contributed by atoms with Gasteiger partial charge in [0, 0.05) is 36.3 Å². The van der Waals surface area contributed by atoms with Crippen molar-refractivity contribution in [2.75, 3.05) is 0 Å². The van der Waals surface area contributed by atoms with Gasteiger partial charge >= 0.3 is 19.5 Å². The SMILES string of the molecule is C[CH-]C.C[CH-]C.OC(CC(O)C1CCCCC1)C1=C[CH]C=C1.[CH]1C=CC=C1.[Fe].[Rh+2]. The van der Waals surface area contributed by atoms with E-state index in [0.29, 0.717) is 12.3 Å². The zero-order chi connectivity index (χ0) is 20.3. The maximum atomic E-state index is 10.1. The van der Waals surface area contributed by atoms with Crippen LogP contribution in [0.15, 0.2) is 48.1 Å². The Morgan fingerprint density at radius 2 is 1.38 bits per heavy atom. The second-order valence-corrected chi connectivity index (χ2v) is 7.05. The molecule has 2 nitrogen and oxygen atoms in total. The van der Waals surface area contributed by atoms with Crippen molar-refractivity contribution in [2.24, 2.45) is 5.92 Å². The van der Waals surface area contributed by atoms with E-state index in [2.05, 4.69) is 0 Å².